The highest BCUT2D eigenvalue weighted by Gasteiger charge is 2.33. The van der Waals surface area contributed by atoms with E-state index in [1.54, 1.807) is 0 Å². The first kappa shape index (κ1) is 15.5. The van der Waals surface area contributed by atoms with Gasteiger partial charge in [-0.25, -0.2) is 8.42 Å². The maximum absolute atomic E-state index is 12.5. The lowest BCUT2D eigenvalue weighted by molar-refractivity contribution is 0.183. The van der Waals surface area contributed by atoms with Crippen LogP contribution < -0.4 is 0 Å². The molecule has 0 aromatic heterocycles. The monoisotopic (exact) mass is 296 g/mol. The van der Waals surface area contributed by atoms with Gasteiger partial charge in [-0.3, -0.25) is 0 Å². The molecular formula is C16H24O3S. The van der Waals surface area contributed by atoms with Gasteiger partial charge in [0.1, 0.15) is 0 Å². The minimum absolute atomic E-state index is 0.0968. The molecule has 0 radical (unpaired) electrons. The lowest BCUT2D eigenvalue weighted by atomic mass is 9.96. The Bertz CT molecular complexity index is 575. The molecule has 1 aromatic carbocycles. The Morgan fingerprint density at radius 3 is 2.55 bits per heavy atom. The highest BCUT2D eigenvalue weighted by Crippen LogP contribution is 2.30. The van der Waals surface area contributed by atoms with E-state index in [-0.39, 0.29) is 11.0 Å². The summed E-state index contributed by atoms with van der Waals surface area (Å²) in [6.45, 7) is 6.15. The topological polar surface area (TPSA) is 54.4 Å². The van der Waals surface area contributed by atoms with Gasteiger partial charge < -0.3 is 5.11 Å². The van der Waals surface area contributed by atoms with Crippen LogP contribution in [0.5, 0.6) is 0 Å². The molecule has 1 aromatic rings. The molecule has 4 heteroatoms. The van der Waals surface area contributed by atoms with Crippen molar-refractivity contribution < 1.29 is 13.5 Å². The van der Waals surface area contributed by atoms with Gasteiger partial charge in [0.25, 0.3) is 0 Å². The van der Waals surface area contributed by atoms with Gasteiger partial charge in [0, 0.05) is 0 Å². The Morgan fingerprint density at radius 2 is 2.00 bits per heavy atom. The van der Waals surface area contributed by atoms with Gasteiger partial charge in [0.05, 0.1) is 17.1 Å². The normalized spacial score (nSPS) is 23.4. The number of hydrogen-bond acceptors (Lipinski definition) is 3. The van der Waals surface area contributed by atoms with E-state index in [2.05, 4.69) is 13.8 Å². The summed E-state index contributed by atoms with van der Waals surface area (Å²) in [7, 11) is -3.18. The highest BCUT2D eigenvalue weighted by atomic mass is 32.2. The second-order valence-corrected chi connectivity index (χ2v) is 8.53. The number of rotatable bonds is 4. The lowest BCUT2D eigenvalue weighted by Gasteiger charge is -2.16. The minimum atomic E-state index is -3.18. The number of aryl methyl sites for hydroxylation is 1. The van der Waals surface area contributed by atoms with Crippen molar-refractivity contribution in [3.8, 4) is 0 Å². The Hall–Kier alpha value is -0.870. The predicted octanol–water partition coefficient (Wildman–Crippen LogP) is 2.95. The van der Waals surface area contributed by atoms with Crippen LogP contribution >= 0.6 is 0 Å². The van der Waals surface area contributed by atoms with Gasteiger partial charge in [-0.05, 0) is 43.2 Å². The van der Waals surface area contributed by atoms with Crippen LogP contribution in [0.1, 0.15) is 55.7 Å². The second-order valence-electron chi connectivity index (χ2n) is 6.25. The maximum Gasteiger partial charge on any atom is 0.157 e. The van der Waals surface area contributed by atoms with Crippen LogP contribution in [0.25, 0.3) is 0 Å². The molecule has 2 unspecified atom stereocenters. The molecule has 2 rings (SSSR count). The number of aliphatic hydroxyl groups excluding tert-OH is 1. The summed E-state index contributed by atoms with van der Waals surface area (Å²) in [4.78, 5) is 0. The quantitative estimate of drug-likeness (QED) is 0.929. The Kier molecular flexibility index (Phi) is 4.55. The standard InChI is InChI=1S/C16H24O3S/c1-11(2)16-7-4-12(3)8-13(16)10-20(18,19)15-6-5-14(17)9-15/h4,7-8,11,14-15,17H,5-6,9-10H2,1-3H3. The van der Waals surface area contributed by atoms with E-state index in [4.69, 9.17) is 0 Å². The lowest BCUT2D eigenvalue weighted by Crippen LogP contribution is -2.21. The third-order valence-corrected chi connectivity index (χ3v) is 6.30. The van der Waals surface area contributed by atoms with E-state index in [0.717, 1.165) is 16.7 Å². The van der Waals surface area contributed by atoms with Crippen molar-refractivity contribution in [3.63, 3.8) is 0 Å². The Morgan fingerprint density at radius 1 is 1.30 bits per heavy atom. The van der Waals surface area contributed by atoms with E-state index < -0.39 is 15.9 Å². The van der Waals surface area contributed by atoms with E-state index in [1.165, 1.54) is 0 Å². The number of sulfone groups is 1. The van der Waals surface area contributed by atoms with Crippen LogP contribution in [-0.4, -0.2) is 24.9 Å². The van der Waals surface area contributed by atoms with Gasteiger partial charge >= 0.3 is 0 Å². The largest absolute Gasteiger partial charge is 0.393 e. The summed E-state index contributed by atoms with van der Waals surface area (Å²) in [6.07, 6.45) is 1.14. The van der Waals surface area contributed by atoms with E-state index in [0.29, 0.717) is 25.2 Å². The molecule has 1 N–H and O–H groups in total. The average molecular weight is 296 g/mol. The van der Waals surface area contributed by atoms with Crippen molar-refractivity contribution in [3.05, 3.63) is 34.9 Å². The van der Waals surface area contributed by atoms with E-state index in [1.807, 2.05) is 25.1 Å². The van der Waals surface area contributed by atoms with Crippen LogP contribution in [-0.2, 0) is 15.6 Å². The second kappa shape index (κ2) is 5.86. The average Bonchev–Trinajstić information content (AvgIpc) is 2.75. The molecule has 0 amide bonds. The molecule has 0 saturated heterocycles. The first-order valence-electron chi connectivity index (χ1n) is 7.28. The number of aliphatic hydroxyl groups is 1. The minimum Gasteiger partial charge on any atom is -0.393 e. The third kappa shape index (κ3) is 3.41. The molecule has 1 aliphatic carbocycles. The van der Waals surface area contributed by atoms with Gasteiger partial charge in [-0.1, -0.05) is 37.6 Å². The van der Waals surface area contributed by atoms with Crippen molar-refractivity contribution in [1.82, 2.24) is 0 Å². The molecule has 2 atom stereocenters. The van der Waals surface area contributed by atoms with Crippen LogP contribution in [0.2, 0.25) is 0 Å². The third-order valence-electron chi connectivity index (χ3n) is 4.14. The summed E-state index contributed by atoms with van der Waals surface area (Å²) in [5, 5.41) is 9.17. The highest BCUT2D eigenvalue weighted by molar-refractivity contribution is 7.91. The molecule has 1 aliphatic rings. The van der Waals surface area contributed by atoms with Crippen LogP contribution in [0.4, 0.5) is 0 Å². The van der Waals surface area contributed by atoms with Gasteiger partial charge in [0.15, 0.2) is 9.84 Å². The fourth-order valence-corrected chi connectivity index (χ4v) is 4.93. The summed E-state index contributed by atoms with van der Waals surface area (Å²) < 4.78 is 25.0. The molecule has 0 spiro atoms. The van der Waals surface area contributed by atoms with Crippen molar-refractivity contribution in [2.45, 2.75) is 63.1 Å². The first-order chi connectivity index (χ1) is 9.29. The summed E-state index contributed by atoms with van der Waals surface area (Å²) in [5.41, 5.74) is 3.12. The van der Waals surface area contributed by atoms with Gasteiger partial charge in [-0.15, -0.1) is 0 Å². The molecule has 112 valence electrons. The number of benzene rings is 1. The summed E-state index contributed by atoms with van der Waals surface area (Å²) in [6, 6.07) is 6.05. The fraction of sp³-hybridized carbons (Fsp3) is 0.625. The zero-order chi connectivity index (χ0) is 14.9. The van der Waals surface area contributed by atoms with Crippen LogP contribution in [0.3, 0.4) is 0 Å². The predicted molar refractivity (Wildman–Crippen MR) is 81.5 cm³/mol. The molecule has 0 heterocycles. The SMILES string of the molecule is Cc1ccc(C(C)C)c(CS(=O)(=O)C2CCC(O)C2)c1. The Balaban J connectivity index is 2.27. The van der Waals surface area contributed by atoms with Crippen molar-refractivity contribution in [1.29, 1.82) is 0 Å². The molecule has 20 heavy (non-hydrogen) atoms. The van der Waals surface area contributed by atoms with Gasteiger partial charge in [0.2, 0.25) is 0 Å². The molecule has 0 bridgehead atoms. The number of hydrogen-bond donors (Lipinski definition) is 1. The zero-order valence-corrected chi connectivity index (χ0v) is 13.3. The van der Waals surface area contributed by atoms with Crippen LogP contribution in [0.15, 0.2) is 18.2 Å². The van der Waals surface area contributed by atoms with E-state index >= 15 is 0 Å². The summed E-state index contributed by atoms with van der Waals surface area (Å²) >= 11 is 0. The molecule has 3 nitrogen and oxygen atoms in total. The van der Waals surface area contributed by atoms with Gasteiger partial charge in [-0.2, -0.15) is 0 Å². The first-order valence-corrected chi connectivity index (χ1v) is 9.00. The smallest absolute Gasteiger partial charge is 0.157 e. The molecular weight excluding hydrogens is 272 g/mol. The van der Waals surface area contributed by atoms with Crippen molar-refractivity contribution in [2.24, 2.45) is 0 Å². The fourth-order valence-electron chi connectivity index (χ4n) is 3.00. The zero-order valence-electron chi connectivity index (χ0n) is 12.5. The maximum atomic E-state index is 12.5. The Labute approximate surface area is 121 Å². The van der Waals surface area contributed by atoms with Crippen molar-refractivity contribution >= 4 is 9.84 Å². The summed E-state index contributed by atoms with van der Waals surface area (Å²) in [5.74, 6) is 0.412. The van der Waals surface area contributed by atoms with E-state index in [9.17, 15) is 13.5 Å². The molecule has 0 aliphatic heterocycles. The van der Waals surface area contributed by atoms with Crippen molar-refractivity contribution in [2.75, 3.05) is 0 Å². The molecule has 1 saturated carbocycles. The van der Waals surface area contributed by atoms with Crippen LogP contribution in [0, 0.1) is 6.92 Å². The molecule has 1 fully saturated rings.